The zero-order valence-corrected chi connectivity index (χ0v) is 13.8. The van der Waals surface area contributed by atoms with Crippen molar-refractivity contribution < 1.29 is 4.79 Å². The Morgan fingerprint density at radius 2 is 1.82 bits per heavy atom. The quantitative estimate of drug-likeness (QED) is 0.259. The molecule has 0 aliphatic carbocycles. The zero-order valence-electron chi connectivity index (χ0n) is 13.8. The third-order valence-corrected chi connectivity index (χ3v) is 3.27. The van der Waals surface area contributed by atoms with Gasteiger partial charge in [-0.2, -0.15) is 5.26 Å². The molecule has 0 aliphatic heterocycles. The molecule has 0 fully saturated rings. The van der Waals surface area contributed by atoms with Gasteiger partial charge in [0.1, 0.15) is 11.6 Å². The Morgan fingerprint density at radius 1 is 1.23 bits per heavy atom. The lowest BCUT2D eigenvalue weighted by molar-refractivity contribution is -0.125. The molecule has 0 radical (unpaired) electrons. The van der Waals surface area contributed by atoms with Gasteiger partial charge in [0.2, 0.25) is 0 Å². The largest absolute Gasteiger partial charge is 0.390 e. The van der Waals surface area contributed by atoms with E-state index >= 15 is 0 Å². The number of carbonyl (C=O) groups is 1. The van der Waals surface area contributed by atoms with Crippen LogP contribution in [0.25, 0.3) is 0 Å². The van der Waals surface area contributed by atoms with E-state index in [1.54, 1.807) is 12.2 Å². The number of nitriles is 1. The Labute approximate surface area is 134 Å². The summed E-state index contributed by atoms with van der Waals surface area (Å²) in [7, 11) is 0. The molecule has 0 saturated heterocycles. The predicted octanol–water partition coefficient (Wildman–Crippen LogP) is 1.92. The monoisotopic (exact) mass is 304 g/mol. The summed E-state index contributed by atoms with van der Waals surface area (Å²) < 4.78 is 0. The van der Waals surface area contributed by atoms with Crippen molar-refractivity contribution in [3.05, 3.63) is 37.1 Å². The number of rotatable bonds is 12. The summed E-state index contributed by atoms with van der Waals surface area (Å²) in [4.78, 5) is 16.1. The van der Waals surface area contributed by atoms with E-state index in [9.17, 15) is 4.79 Å². The van der Waals surface area contributed by atoms with Gasteiger partial charge in [-0.25, -0.2) is 0 Å². The van der Waals surface area contributed by atoms with Gasteiger partial charge in [-0.1, -0.05) is 26.0 Å². The summed E-state index contributed by atoms with van der Waals surface area (Å²) in [5, 5.41) is 12.2. The lowest BCUT2D eigenvalue weighted by Gasteiger charge is -2.19. The fraction of sp³-hybridized carbons (Fsp3) is 0.529. The van der Waals surface area contributed by atoms with Crippen molar-refractivity contribution in [2.45, 2.75) is 20.3 Å². The van der Waals surface area contributed by atoms with Crippen LogP contribution in [-0.2, 0) is 4.79 Å². The van der Waals surface area contributed by atoms with Gasteiger partial charge in [0.15, 0.2) is 0 Å². The summed E-state index contributed by atoms with van der Waals surface area (Å²) in [6.07, 6.45) is 5.74. The van der Waals surface area contributed by atoms with Crippen molar-refractivity contribution in [1.29, 1.82) is 5.26 Å². The van der Waals surface area contributed by atoms with Crippen LogP contribution >= 0.6 is 0 Å². The van der Waals surface area contributed by atoms with E-state index < -0.39 is 0 Å². The number of nitrogens with one attached hydrogen (secondary N) is 1. The first-order valence-corrected chi connectivity index (χ1v) is 7.71. The minimum absolute atomic E-state index is 0.103. The first kappa shape index (κ1) is 19.9. The fourth-order valence-electron chi connectivity index (χ4n) is 1.98. The molecule has 0 aromatic heterocycles. The SMILES string of the molecule is C=CCN(CC=C)C(=O)/C(C#N)=C\NCCCN(CC)CC. The normalized spacial score (nSPS) is 10.9. The third-order valence-electron chi connectivity index (χ3n) is 3.27. The number of nitrogens with zero attached hydrogens (tertiary/aromatic N) is 3. The summed E-state index contributed by atoms with van der Waals surface area (Å²) in [5.74, 6) is -0.307. The number of carbonyl (C=O) groups excluding carboxylic acids is 1. The Bertz CT molecular complexity index is 409. The second-order valence-electron chi connectivity index (χ2n) is 4.79. The smallest absolute Gasteiger partial charge is 0.266 e. The van der Waals surface area contributed by atoms with Crippen LogP contribution in [0.1, 0.15) is 20.3 Å². The molecule has 22 heavy (non-hydrogen) atoms. The first-order valence-electron chi connectivity index (χ1n) is 7.71. The molecule has 0 unspecified atom stereocenters. The van der Waals surface area contributed by atoms with Crippen LogP contribution in [0.4, 0.5) is 0 Å². The molecule has 0 rings (SSSR count). The Hall–Kier alpha value is -2.06. The second kappa shape index (κ2) is 12.7. The molecule has 0 aromatic carbocycles. The topological polar surface area (TPSA) is 59.4 Å². The highest BCUT2D eigenvalue weighted by Gasteiger charge is 2.15. The van der Waals surface area contributed by atoms with Gasteiger partial charge in [0, 0.05) is 25.8 Å². The lowest BCUT2D eigenvalue weighted by atomic mass is 10.2. The highest BCUT2D eigenvalue weighted by atomic mass is 16.2. The number of amides is 1. The van der Waals surface area contributed by atoms with Gasteiger partial charge in [-0.3, -0.25) is 4.79 Å². The predicted molar refractivity (Wildman–Crippen MR) is 91.1 cm³/mol. The average Bonchev–Trinajstić information content (AvgIpc) is 2.53. The van der Waals surface area contributed by atoms with E-state index in [0.29, 0.717) is 13.1 Å². The van der Waals surface area contributed by atoms with Crippen LogP contribution in [0.2, 0.25) is 0 Å². The molecule has 122 valence electrons. The maximum atomic E-state index is 12.2. The van der Waals surface area contributed by atoms with Gasteiger partial charge < -0.3 is 15.1 Å². The van der Waals surface area contributed by atoms with Gasteiger partial charge in [0.25, 0.3) is 5.91 Å². The van der Waals surface area contributed by atoms with Crippen LogP contribution in [0.5, 0.6) is 0 Å². The molecule has 5 nitrogen and oxygen atoms in total. The summed E-state index contributed by atoms with van der Waals surface area (Å²) in [6.45, 7) is 16.1. The standard InChI is InChI=1S/C17H28N4O/c1-5-11-21(12-6-2)17(22)16(14-18)15-19-10-9-13-20(7-3)8-4/h5-6,15,19H,1-2,7-13H2,3-4H3/b16-15-. The summed E-state index contributed by atoms with van der Waals surface area (Å²) in [6, 6.07) is 1.95. The van der Waals surface area contributed by atoms with Crippen LogP contribution in [0.15, 0.2) is 37.1 Å². The molecule has 0 heterocycles. The molecule has 5 heteroatoms. The van der Waals surface area contributed by atoms with E-state index in [4.69, 9.17) is 5.26 Å². The molecule has 1 N–H and O–H groups in total. The van der Waals surface area contributed by atoms with E-state index in [1.165, 1.54) is 11.1 Å². The number of hydrogen-bond acceptors (Lipinski definition) is 4. The highest BCUT2D eigenvalue weighted by molar-refractivity contribution is 5.97. The van der Waals surface area contributed by atoms with Gasteiger partial charge >= 0.3 is 0 Å². The highest BCUT2D eigenvalue weighted by Crippen LogP contribution is 2.01. The van der Waals surface area contributed by atoms with E-state index in [1.807, 2.05) is 6.07 Å². The Balaban J connectivity index is 4.43. The zero-order chi connectivity index (χ0) is 16.8. The third kappa shape index (κ3) is 7.65. The molecule has 0 aliphatic rings. The fourth-order valence-corrected chi connectivity index (χ4v) is 1.98. The minimum Gasteiger partial charge on any atom is -0.390 e. The molecular formula is C17H28N4O. The number of hydrogen-bond donors (Lipinski definition) is 1. The van der Waals surface area contributed by atoms with Crippen molar-refractivity contribution in [1.82, 2.24) is 15.1 Å². The maximum Gasteiger partial charge on any atom is 0.266 e. The molecule has 0 bridgehead atoms. The van der Waals surface area contributed by atoms with Crippen LogP contribution in [-0.4, -0.2) is 55.0 Å². The van der Waals surface area contributed by atoms with Crippen LogP contribution in [0.3, 0.4) is 0 Å². The van der Waals surface area contributed by atoms with E-state index in [2.05, 4.69) is 37.2 Å². The van der Waals surface area contributed by atoms with Crippen LogP contribution in [0, 0.1) is 11.3 Å². The van der Waals surface area contributed by atoms with Crippen LogP contribution < -0.4 is 5.32 Å². The summed E-state index contributed by atoms with van der Waals surface area (Å²) >= 11 is 0. The van der Waals surface area contributed by atoms with Gasteiger partial charge in [-0.15, -0.1) is 13.2 Å². The van der Waals surface area contributed by atoms with Gasteiger partial charge in [-0.05, 0) is 26.1 Å². The van der Waals surface area contributed by atoms with Crippen molar-refractivity contribution >= 4 is 5.91 Å². The molecular weight excluding hydrogens is 276 g/mol. The second-order valence-corrected chi connectivity index (χ2v) is 4.79. The lowest BCUT2D eigenvalue weighted by Crippen LogP contribution is -2.33. The van der Waals surface area contributed by atoms with Crippen molar-refractivity contribution in [3.63, 3.8) is 0 Å². The molecule has 0 atom stereocenters. The Morgan fingerprint density at radius 3 is 2.27 bits per heavy atom. The maximum absolute atomic E-state index is 12.2. The van der Waals surface area contributed by atoms with Crippen molar-refractivity contribution in [2.24, 2.45) is 0 Å². The van der Waals surface area contributed by atoms with E-state index in [0.717, 1.165) is 32.6 Å². The van der Waals surface area contributed by atoms with Crippen molar-refractivity contribution in [2.75, 3.05) is 39.3 Å². The molecule has 0 saturated carbocycles. The minimum atomic E-state index is -0.307. The summed E-state index contributed by atoms with van der Waals surface area (Å²) in [5.41, 5.74) is 0.103. The van der Waals surface area contributed by atoms with E-state index in [-0.39, 0.29) is 11.5 Å². The average molecular weight is 304 g/mol. The molecule has 0 spiro atoms. The molecule has 0 aromatic rings. The first-order chi connectivity index (χ1) is 10.6. The van der Waals surface area contributed by atoms with Crippen molar-refractivity contribution in [3.8, 4) is 6.07 Å². The van der Waals surface area contributed by atoms with Gasteiger partial charge in [0.05, 0.1) is 0 Å². The molecule has 1 amide bonds. The Kier molecular flexibility index (Phi) is 11.5.